The van der Waals surface area contributed by atoms with Crippen LogP contribution in [0.1, 0.15) is 36.8 Å². The van der Waals surface area contributed by atoms with Gasteiger partial charge in [0.05, 0.1) is 10.5 Å². The molecule has 1 aromatic carbocycles. The van der Waals surface area contributed by atoms with Crippen LogP contribution < -0.4 is 10.5 Å². The highest BCUT2D eigenvalue weighted by Gasteiger charge is 2.33. The van der Waals surface area contributed by atoms with Crippen molar-refractivity contribution in [3.63, 3.8) is 0 Å². The third-order valence-electron chi connectivity index (χ3n) is 7.09. The summed E-state index contributed by atoms with van der Waals surface area (Å²) < 4.78 is 1.95. The molecule has 1 N–H and O–H groups in total. The van der Waals surface area contributed by atoms with Crippen LogP contribution in [0, 0.1) is 0 Å². The molecular weight excluding hydrogens is 546 g/mol. The van der Waals surface area contributed by atoms with Crippen molar-refractivity contribution in [3.05, 3.63) is 81.1 Å². The van der Waals surface area contributed by atoms with E-state index < -0.39 is 5.97 Å². The van der Waals surface area contributed by atoms with Crippen LogP contribution in [0.25, 0.3) is 11.7 Å². The number of thiocarbonyl (C=S) groups is 1. The number of aromatic nitrogens is 2. The fourth-order valence-corrected chi connectivity index (χ4v) is 6.25. The fraction of sp³-hybridized carbons (Fsp3) is 0.345. The van der Waals surface area contributed by atoms with Crippen LogP contribution in [0.4, 0.5) is 5.82 Å². The molecule has 0 radical (unpaired) electrons. The molecule has 2 aromatic heterocycles. The Labute approximate surface area is 242 Å². The third-order valence-corrected chi connectivity index (χ3v) is 8.47. The number of carboxylic acid groups (broad SMARTS) is 1. The van der Waals surface area contributed by atoms with Gasteiger partial charge < -0.3 is 10.0 Å². The van der Waals surface area contributed by atoms with Crippen LogP contribution in [0.2, 0.25) is 0 Å². The number of anilines is 1. The van der Waals surface area contributed by atoms with Gasteiger partial charge in [0.15, 0.2) is 0 Å². The lowest BCUT2D eigenvalue weighted by Crippen LogP contribution is -2.47. The molecule has 0 aliphatic carbocycles. The topological polar surface area (TPSA) is 98.5 Å². The van der Waals surface area contributed by atoms with Crippen molar-refractivity contribution in [1.82, 2.24) is 19.2 Å². The Kier molecular flexibility index (Phi) is 8.93. The summed E-state index contributed by atoms with van der Waals surface area (Å²) in [6.45, 7) is 4.37. The van der Waals surface area contributed by atoms with E-state index >= 15 is 0 Å². The highest BCUT2D eigenvalue weighted by atomic mass is 32.2. The Morgan fingerprint density at radius 1 is 1.00 bits per heavy atom. The van der Waals surface area contributed by atoms with E-state index in [9.17, 15) is 14.4 Å². The number of pyridine rings is 1. The van der Waals surface area contributed by atoms with Crippen LogP contribution in [0.15, 0.2) is 64.4 Å². The largest absolute Gasteiger partial charge is 0.481 e. The number of aliphatic carboxylic acids is 1. The first-order valence-corrected chi connectivity index (χ1v) is 14.6. The number of rotatable bonds is 10. The monoisotopic (exact) mass is 577 g/mol. The number of benzene rings is 1. The second-order valence-corrected chi connectivity index (χ2v) is 11.5. The van der Waals surface area contributed by atoms with Gasteiger partial charge in [-0.3, -0.25) is 28.6 Å². The van der Waals surface area contributed by atoms with Gasteiger partial charge in [0.1, 0.15) is 15.8 Å². The molecule has 2 aliphatic heterocycles. The maximum absolute atomic E-state index is 13.7. The first-order valence-electron chi connectivity index (χ1n) is 13.4. The summed E-state index contributed by atoms with van der Waals surface area (Å²) in [4.78, 5) is 49.0. The van der Waals surface area contributed by atoms with Crippen molar-refractivity contribution in [2.75, 3.05) is 37.6 Å². The summed E-state index contributed by atoms with van der Waals surface area (Å²) >= 11 is 6.67. The highest BCUT2D eigenvalue weighted by Crippen LogP contribution is 2.34. The summed E-state index contributed by atoms with van der Waals surface area (Å²) in [6.07, 6.45) is 5.35. The first kappa shape index (κ1) is 28.0. The Morgan fingerprint density at radius 3 is 2.50 bits per heavy atom. The quantitative estimate of drug-likeness (QED) is 0.219. The average Bonchev–Trinajstić information content (AvgIpc) is 3.22. The van der Waals surface area contributed by atoms with Gasteiger partial charge >= 0.3 is 5.97 Å². The van der Waals surface area contributed by atoms with E-state index in [-0.39, 0.29) is 17.9 Å². The number of carboxylic acids is 1. The van der Waals surface area contributed by atoms with Crippen LogP contribution >= 0.6 is 24.0 Å². The summed E-state index contributed by atoms with van der Waals surface area (Å²) in [7, 11) is 0. The number of fused-ring (bicyclic) bond motifs is 1. The summed E-state index contributed by atoms with van der Waals surface area (Å²) in [6, 6.07) is 15.8. The first-order chi connectivity index (χ1) is 19.4. The zero-order valence-electron chi connectivity index (χ0n) is 22.1. The molecule has 208 valence electrons. The molecule has 0 saturated carbocycles. The molecule has 0 atom stereocenters. The maximum Gasteiger partial charge on any atom is 0.303 e. The molecule has 11 heteroatoms. The number of unbranched alkanes of at least 4 members (excludes halogenated alkanes) is 2. The summed E-state index contributed by atoms with van der Waals surface area (Å²) in [5.74, 6) is -0.476. The Morgan fingerprint density at radius 2 is 1.75 bits per heavy atom. The van der Waals surface area contributed by atoms with Crippen LogP contribution in [-0.4, -0.2) is 73.2 Å². The minimum Gasteiger partial charge on any atom is -0.481 e. The molecule has 0 bridgehead atoms. The zero-order valence-corrected chi connectivity index (χ0v) is 23.7. The lowest BCUT2D eigenvalue weighted by Gasteiger charge is -2.36. The lowest BCUT2D eigenvalue weighted by atomic mass is 10.1. The fourth-order valence-electron chi connectivity index (χ4n) is 4.96. The van der Waals surface area contributed by atoms with Gasteiger partial charge in [-0.1, -0.05) is 66.8 Å². The molecule has 9 nitrogen and oxygen atoms in total. The van der Waals surface area contributed by atoms with Gasteiger partial charge in [0.25, 0.3) is 11.5 Å². The SMILES string of the molecule is O=C(O)CCCCCN1C(=O)C(=Cc2c(N3CCN(Cc4ccccc4)CC3)nc3ccccn3c2=O)SC1=S. The maximum atomic E-state index is 13.7. The Hall–Kier alpha value is -3.54. The normalized spacial score (nSPS) is 17.4. The van der Waals surface area contributed by atoms with E-state index in [0.29, 0.717) is 65.2 Å². The molecule has 5 rings (SSSR count). The van der Waals surface area contributed by atoms with Crippen molar-refractivity contribution >= 4 is 57.7 Å². The third kappa shape index (κ3) is 6.43. The molecule has 1 amide bonds. The van der Waals surface area contributed by atoms with Crippen LogP contribution in [0.5, 0.6) is 0 Å². The van der Waals surface area contributed by atoms with Gasteiger partial charge in [0.2, 0.25) is 0 Å². The number of hydrogen-bond acceptors (Lipinski definition) is 8. The number of thioether (sulfide) groups is 1. The van der Waals surface area contributed by atoms with Gasteiger partial charge in [-0.2, -0.15) is 0 Å². The molecule has 4 heterocycles. The number of carbonyl (C=O) groups is 2. The van der Waals surface area contributed by atoms with Crippen molar-refractivity contribution in [3.8, 4) is 0 Å². The van der Waals surface area contributed by atoms with E-state index in [2.05, 4.69) is 21.9 Å². The van der Waals surface area contributed by atoms with E-state index in [4.69, 9.17) is 22.3 Å². The molecule has 0 unspecified atom stereocenters. The van der Waals surface area contributed by atoms with Gasteiger partial charge in [-0.25, -0.2) is 4.98 Å². The van der Waals surface area contributed by atoms with Crippen molar-refractivity contribution < 1.29 is 14.7 Å². The zero-order chi connectivity index (χ0) is 28.1. The van der Waals surface area contributed by atoms with E-state index in [1.165, 1.54) is 21.7 Å². The molecular formula is C29H31N5O4S2. The Bertz CT molecular complexity index is 1500. The number of piperazine rings is 1. The number of nitrogens with zero attached hydrogens (tertiary/aromatic N) is 5. The number of carbonyl (C=O) groups excluding carboxylic acids is 1. The van der Waals surface area contributed by atoms with E-state index in [1.54, 1.807) is 23.2 Å². The molecule has 2 fully saturated rings. The average molecular weight is 578 g/mol. The summed E-state index contributed by atoms with van der Waals surface area (Å²) in [5, 5.41) is 8.83. The van der Waals surface area contributed by atoms with Gasteiger partial charge in [-0.05, 0) is 36.6 Å². The molecule has 2 aliphatic rings. The molecule has 40 heavy (non-hydrogen) atoms. The highest BCUT2D eigenvalue weighted by molar-refractivity contribution is 8.26. The Balaban J connectivity index is 1.36. The van der Waals surface area contributed by atoms with Gasteiger partial charge in [0, 0.05) is 51.9 Å². The lowest BCUT2D eigenvalue weighted by molar-refractivity contribution is -0.137. The second kappa shape index (κ2) is 12.8. The molecule has 3 aromatic rings. The molecule has 2 saturated heterocycles. The number of amides is 1. The van der Waals surface area contributed by atoms with E-state index in [1.807, 2.05) is 30.3 Å². The minimum absolute atomic E-state index is 0.112. The van der Waals surface area contributed by atoms with Crippen molar-refractivity contribution in [2.45, 2.75) is 32.2 Å². The van der Waals surface area contributed by atoms with Crippen molar-refractivity contribution in [1.29, 1.82) is 0 Å². The standard InChI is InChI=1S/C29H31N5O4S2/c35-25(36)12-5-2-7-14-34-28(38)23(40-29(34)39)19-22-26(30-24-11-6-8-13-33(24)27(22)37)32-17-15-31(16-18-32)20-21-9-3-1-4-10-21/h1,3-4,6,8-11,13,19H,2,5,7,12,14-18,20H2,(H,35,36). The predicted octanol–water partition coefficient (Wildman–Crippen LogP) is 3.86. The second-order valence-electron chi connectivity index (χ2n) is 9.87. The minimum atomic E-state index is -0.822. The summed E-state index contributed by atoms with van der Waals surface area (Å²) in [5.41, 5.74) is 1.97. The van der Waals surface area contributed by atoms with Crippen molar-refractivity contribution in [2.24, 2.45) is 0 Å². The smallest absolute Gasteiger partial charge is 0.303 e. The van der Waals surface area contributed by atoms with Crippen LogP contribution in [-0.2, 0) is 16.1 Å². The van der Waals surface area contributed by atoms with Crippen LogP contribution in [0.3, 0.4) is 0 Å². The predicted molar refractivity (Wildman–Crippen MR) is 161 cm³/mol. The van der Waals surface area contributed by atoms with E-state index in [0.717, 1.165) is 19.6 Å². The molecule has 0 spiro atoms. The number of hydrogen-bond donors (Lipinski definition) is 1. The van der Waals surface area contributed by atoms with Gasteiger partial charge in [-0.15, -0.1) is 0 Å².